The Bertz CT molecular complexity index is 1190. The summed E-state index contributed by atoms with van der Waals surface area (Å²) in [5.74, 6) is -1.40. The molecule has 0 unspecified atom stereocenters. The van der Waals surface area contributed by atoms with Crippen LogP contribution in [-0.4, -0.2) is 58.5 Å². The quantitative estimate of drug-likeness (QED) is 0.285. The minimum absolute atomic E-state index is 0.0133. The Balaban J connectivity index is 1.14. The smallest absolute Gasteiger partial charge is 0.306 e. The Kier molecular flexibility index (Phi) is 8.46. The fourth-order valence-corrected chi connectivity index (χ4v) is 8.92. The first-order chi connectivity index (χ1) is 19.5. The van der Waals surface area contributed by atoms with Crippen molar-refractivity contribution in [2.45, 2.75) is 103 Å². The molecule has 41 heavy (non-hydrogen) atoms. The lowest BCUT2D eigenvalue weighted by Crippen LogP contribution is -2.61. The van der Waals surface area contributed by atoms with Gasteiger partial charge in [0.2, 0.25) is 11.7 Å². The van der Waals surface area contributed by atoms with E-state index in [0.29, 0.717) is 13.0 Å². The number of carbonyl (C=O) groups is 4. The topological polar surface area (TPSA) is 130 Å². The molecule has 3 fully saturated rings. The maximum Gasteiger partial charge on any atom is 0.306 e. The summed E-state index contributed by atoms with van der Waals surface area (Å²) in [5, 5.41) is 26.1. The molecule has 0 aromatic heterocycles. The van der Waals surface area contributed by atoms with E-state index >= 15 is 0 Å². The predicted octanol–water partition coefficient (Wildman–Crippen LogP) is 3.90. The summed E-state index contributed by atoms with van der Waals surface area (Å²) in [6.45, 7) is 3.98. The molecular weight excluding hydrogens is 522 g/mol. The highest BCUT2D eigenvalue weighted by molar-refractivity contribution is 6.01. The predicted molar refractivity (Wildman–Crippen MR) is 152 cm³/mol. The van der Waals surface area contributed by atoms with E-state index in [-0.39, 0.29) is 55.1 Å². The lowest BCUT2D eigenvalue weighted by atomic mass is 9.46. The molecule has 7 atom stereocenters. The normalized spacial score (nSPS) is 37.7. The minimum atomic E-state index is -1.70. The third-order valence-corrected chi connectivity index (χ3v) is 11.2. The molecular formula is C33H45NO7. The van der Waals surface area contributed by atoms with Crippen LogP contribution >= 0.6 is 0 Å². The average molecular weight is 568 g/mol. The van der Waals surface area contributed by atoms with Gasteiger partial charge in [-0.3, -0.25) is 19.2 Å². The molecule has 224 valence electrons. The first kappa shape index (κ1) is 29.9. The van der Waals surface area contributed by atoms with Crippen LogP contribution in [-0.2, 0) is 23.9 Å². The number of allylic oxidation sites excluding steroid dienone is 5. The van der Waals surface area contributed by atoms with Gasteiger partial charge in [0.05, 0.1) is 12.5 Å². The van der Waals surface area contributed by atoms with Gasteiger partial charge in [-0.05, 0) is 88.2 Å². The highest BCUT2D eigenvalue weighted by Gasteiger charge is 2.68. The number of hydrogen-bond acceptors (Lipinski definition) is 7. The number of ether oxygens (including phenoxy) is 1. The number of amides is 1. The zero-order valence-electron chi connectivity index (χ0n) is 24.5. The van der Waals surface area contributed by atoms with Crippen molar-refractivity contribution >= 4 is 23.4 Å². The SMILES string of the molecule is C[C@]12C=CC(=O)C=C1CC[C@@H]1[C@@H]2[C@H](O)C[C@@]2(C)[C@H]1CC[C@]2(O)C(=O)COC(=O)CCC(=O)NCCC1=CCCCC1. The van der Waals surface area contributed by atoms with E-state index in [1.54, 1.807) is 12.2 Å². The Morgan fingerprint density at radius 2 is 1.93 bits per heavy atom. The molecule has 5 rings (SSSR count). The van der Waals surface area contributed by atoms with Crippen LogP contribution in [0.15, 0.2) is 35.5 Å². The van der Waals surface area contributed by atoms with E-state index in [4.69, 9.17) is 4.74 Å². The first-order valence-corrected chi connectivity index (χ1v) is 15.5. The number of aliphatic hydroxyl groups excluding tert-OH is 1. The number of carbonyl (C=O) groups excluding carboxylic acids is 4. The molecule has 0 bridgehead atoms. The monoisotopic (exact) mass is 567 g/mol. The van der Waals surface area contributed by atoms with Crippen molar-refractivity contribution in [1.82, 2.24) is 5.32 Å². The number of fused-ring (bicyclic) bond motifs is 5. The number of ketones is 2. The maximum absolute atomic E-state index is 13.4. The summed E-state index contributed by atoms with van der Waals surface area (Å²) in [6, 6.07) is 0. The fourth-order valence-electron chi connectivity index (χ4n) is 8.92. The van der Waals surface area contributed by atoms with Crippen molar-refractivity contribution in [2.24, 2.45) is 28.6 Å². The maximum atomic E-state index is 13.4. The van der Waals surface area contributed by atoms with Crippen molar-refractivity contribution in [3.05, 3.63) is 35.5 Å². The van der Waals surface area contributed by atoms with Crippen LogP contribution in [0.2, 0.25) is 0 Å². The van der Waals surface area contributed by atoms with Gasteiger partial charge in [-0.2, -0.15) is 0 Å². The molecule has 1 amide bonds. The van der Waals surface area contributed by atoms with Crippen molar-refractivity contribution in [3.63, 3.8) is 0 Å². The molecule has 5 aliphatic carbocycles. The van der Waals surface area contributed by atoms with Gasteiger partial charge in [0, 0.05) is 29.7 Å². The number of esters is 1. The minimum Gasteiger partial charge on any atom is -0.458 e. The number of rotatable bonds is 9. The van der Waals surface area contributed by atoms with Gasteiger partial charge in [0.25, 0.3) is 0 Å². The summed E-state index contributed by atoms with van der Waals surface area (Å²) in [4.78, 5) is 50.0. The molecule has 0 aromatic rings. The summed E-state index contributed by atoms with van der Waals surface area (Å²) in [5.41, 5.74) is -0.545. The largest absolute Gasteiger partial charge is 0.458 e. The van der Waals surface area contributed by atoms with Crippen LogP contribution < -0.4 is 5.32 Å². The highest BCUT2D eigenvalue weighted by Crippen LogP contribution is 2.67. The Labute approximate surface area is 242 Å². The van der Waals surface area contributed by atoms with Crippen molar-refractivity contribution in [2.75, 3.05) is 13.2 Å². The van der Waals surface area contributed by atoms with E-state index in [1.165, 1.54) is 18.4 Å². The van der Waals surface area contributed by atoms with Gasteiger partial charge >= 0.3 is 5.97 Å². The fraction of sp³-hybridized carbons (Fsp3) is 0.697. The van der Waals surface area contributed by atoms with Gasteiger partial charge in [-0.1, -0.05) is 37.1 Å². The summed E-state index contributed by atoms with van der Waals surface area (Å²) < 4.78 is 5.24. The summed E-state index contributed by atoms with van der Waals surface area (Å²) in [7, 11) is 0. The molecule has 3 N–H and O–H groups in total. The summed E-state index contributed by atoms with van der Waals surface area (Å²) >= 11 is 0. The molecule has 0 aromatic carbocycles. The van der Waals surface area contributed by atoms with Crippen LogP contribution in [0.3, 0.4) is 0 Å². The third kappa shape index (κ3) is 5.50. The van der Waals surface area contributed by atoms with Gasteiger partial charge in [0.15, 0.2) is 12.4 Å². The molecule has 0 aliphatic heterocycles. The lowest BCUT2D eigenvalue weighted by molar-refractivity contribution is -0.181. The molecule has 0 heterocycles. The standard InChI is InChI=1S/C33H45NO7/c1-31-15-12-23(35)18-22(31)8-9-24-25-13-16-33(40,32(25,2)19-26(36)30(24)31)27(37)20-41-29(39)11-10-28(38)34-17-14-21-6-4-3-5-7-21/h6,12,15,18,24-26,30,36,40H,3-5,7-11,13-14,16-17,19-20H2,1-2H3,(H,34,38)/t24-,25-,26+,30+,31-,32-,33-/m0/s1. The second-order valence-electron chi connectivity index (χ2n) is 13.4. The molecule has 5 aliphatic rings. The van der Waals surface area contributed by atoms with Crippen LogP contribution in [0.25, 0.3) is 0 Å². The molecule has 0 saturated heterocycles. The second kappa shape index (κ2) is 11.6. The van der Waals surface area contributed by atoms with E-state index in [1.807, 2.05) is 13.0 Å². The Morgan fingerprint density at radius 3 is 2.68 bits per heavy atom. The lowest BCUT2D eigenvalue weighted by Gasteiger charge is -2.59. The highest BCUT2D eigenvalue weighted by atomic mass is 16.5. The first-order valence-electron chi connectivity index (χ1n) is 15.5. The second-order valence-corrected chi connectivity index (χ2v) is 13.4. The van der Waals surface area contributed by atoms with E-state index in [0.717, 1.165) is 37.7 Å². The number of Topliss-reactive ketones (excluding diaryl/α,β-unsaturated/α-hetero) is 1. The van der Waals surface area contributed by atoms with Crippen molar-refractivity contribution in [1.29, 1.82) is 0 Å². The van der Waals surface area contributed by atoms with Gasteiger partial charge in [0.1, 0.15) is 5.60 Å². The Morgan fingerprint density at radius 1 is 1.12 bits per heavy atom. The van der Waals surface area contributed by atoms with Gasteiger partial charge in [-0.15, -0.1) is 0 Å². The van der Waals surface area contributed by atoms with E-state index in [2.05, 4.69) is 18.3 Å². The molecule has 0 radical (unpaired) electrons. The van der Waals surface area contributed by atoms with Gasteiger partial charge in [-0.25, -0.2) is 0 Å². The average Bonchev–Trinajstić information content (AvgIpc) is 3.22. The van der Waals surface area contributed by atoms with Crippen molar-refractivity contribution in [3.8, 4) is 0 Å². The Hall–Kier alpha value is -2.58. The molecule has 8 heteroatoms. The number of hydrogen-bond donors (Lipinski definition) is 3. The van der Waals surface area contributed by atoms with Crippen molar-refractivity contribution < 1.29 is 34.1 Å². The van der Waals surface area contributed by atoms with E-state index in [9.17, 15) is 29.4 Å². The van der Waals surface area contributed by atoms with E-state index < -0.39 is 40.9 Å². The molecule has 0 spiro atoms. The number of aliphatic hydroxyl groups is 2. The van der Waals surface area contributed by atoms with Crippen LogP contribution in [0.4, 0.5) is 0 Å². The zero-order chi connectivity index (χ0) is 29.4. The van der Waals surface area contributed by atoms with Gasteiger partial charge < -0.3 is 20.3 Å². The van der Waals surface area contributed by atoms with Crippen LogP contribution in [0, 0.1) is 28.6 Å². The molecule has 8 nitrogen and oxygen atoms in total. The van der Waals surface area contributed by atoms with Crippen LogP contribution in [0.5, 0.6) is 0 Å². The zero-order valence-corrected chi connectivity index (χ0v) is 24.5. The number of nitrogens with one attached hydrogen (secondary N) is 1. The van der Waals surface area contributed by atoms with Crippen LogP contribution in [0.1, 0.15) is 90.9 Å². The summed E-state index contributed by atoms with van der Waals surface area (Å²) in [6.07, 6.45) is 14.7. The molecule has 3 saturated carbocycles. The third-order valence-electron chi connectivity index (χ3n) is 11.2.